The lowest BCUT2D eigenvalue weighted by Crippen LogP contribution is -2.14. The zero-order chi connectivity index (χ0) is 4.99. The minimum Gasteiger partial charge on any atom is -0.368 e. The zero-order valence-electron chi connectivity index (χ0n) is 3.60. The fourth-order valence-electron chi connectivity index (χ4n) is 0.148. The second kappa shape index (κ2) is 2.70. The molecule has 2 heteroatoms. The number of nitrogens with two attached hydrogens (primary N) is 1. The van der Waals surface area contributed by atoms with Crippen molar-refractivity contribution in [3.05, 3.63) is 0 Å². The van der Waals surface area contributed by atoms with Crippen molar-refractivity contribution in [2.75, 3.05) is 0 Å². The average Bonchev–Trinajstić information content (AvgIpc) is 1.35. The Kier molecular flexibility index (Phi) is 2.47. The number of hydrogen-bond acceptors (Lipinski definition) is 2. The van der Waals surface area contributed by atoms with Crippen LogP contribution in [0.3, 0.4) is 0 Å². The molecule has 0 bridgehead atoms. The van der Waals surface area contributed by atoms with Gasteiger partial charge in [-0.25, -0.2) is 0 Å². The Morgan fingerprint density at radius 1 is 1.83 bits per heavy atom. The van der Waals surface area contributed by atoms with Crippen LogP contribution in [0.4, 0.5) is 0 Å². The van der Waals surface area contributed by atoms with Crippen molar-refractivity contribution in [1.82, 2.24) is 0 Å². The molecule has 0 aliphatic rings. The molecule has 0 rings (SSSR count). The van der Waals surface area contributed by atoms with E-state index in [1.807, 2.05) is 0 Å². The number of rotatable bonds is 0. The molecule has 0 heterocycles. The summed E-state index contributed by atoms with van der Waals surface area (Å²) >= 11 is 0. The molecule has 0 aromatic rings. The average molecular weight is 85.1 g/mol. The van der Waals surface area contributed by atoms with E-state index in [2.05, 4.69) is 11.8 Å². The van der Waals surface area contributed by atoms with Gasteiger partial charge in [-0.05, 0) is 6.92 Å². The predicted molar refractivity (Wildman–Crippen MR) is 23.6 cm³/mol. The van der Waals surface area contributed by atoms with Gasteiger partial charge in [0.1, 0.15) is 0 Å². The lowest BCUT2D eigenvalue weighted by molar-refractivity contribution is 0.241. The highest BCUT2D eigenvalue weighted by molar-refractivity contribution is 4.98. The van der Waals surface area contributed by atoms with Crippen LogP contribution in [0.25, 0.3) is 0 Å². The van der Waals surface area contributed by atoms with Crippen molar-refractivity contribution < 1.29 is 5.11 Å². The van der Waals surface area contributed by atoms with Crippen LogP contribution in [0.2, 0.25) is 0 Å². The minimum atomic E-state index is -0.963. The second-order valence-electron chi connectivity index (χ2n) is 0.839. The first-order valence-electron chi connectivity index (χ1n) is 1.63. The molecule has 0 fully saturated rings. The van der Waals surface area contributed by atoms with E-state index < -0.39 is 6.23 Å². The maximum absolute atomic E-state index is 8.16. The lowest BCUT2D eigenvalue weighted by Gasteiger charge is -1.83. The fraction of sp³-hybridized carbons (Fsp3) is 0.500. The first-order chi connectivity index (χ1) is 2.77. The van der Waals surface area contributed by atoms with E-state index in [1.165, 1.54) is 0 Å². The molecule has 6 heavy (non-hydrogen) atoms. The van der Waals surface area contributed by atoms with Crippen LogP contribution >= 0.6 is 0 Å². The van der Waals surface area contributed by atoms with Gasteiger partial charge in [0.15, 0.2) is 6.23 Å². The third kappa shape index (κ3) is 3.48. The Morgan fingerprint density at radius 3 is 2.33 bits per heavy atom. The Balaban J connectivity index is 3.20. The van der Waals surface area contributed by atoms with Gasteiger partial charge in [0, 0.05) is 0 Å². The van der Waals surface area contributed by atoms with Gasteiger partial charge < -0.3 is 5.11 Å². The van der Waals surface area contributed by atoms with Crippen LogP contribution in [-0.2, 0) is 0 Å². The first-order valence-corrected chi connectivity index (χ1v) is 1.63. The quantitative estimate of drug-likeness (QED) is 0.301. The maximum atomic E-state index is 8.16. The van der Waals surface area contributed by atoms with E-state index in [1.54, 1.807) is 6.92 Å². The van der Waals surface area contributed by atoms with Crippen molar-refractivity contribution >= 4 is 0 Å². The van der Waals surface area contributed by atoms with E-state index >= 15 is 0 Å². The van der Waals surface area contributed by atoms with Crippen molar-refractivity contribution in [2.24, 2.45) is 5.73 Å². The van der Waals surface area contributed by atoms with Crippen LogP contribution in [0, 0.1) is 11.8 Å². The van der Waals surface area contributed by atoms with Gasteiger partial charge in [-0.15, -0.1) is 5.92 Å². The Hall–Kier alpha value is -0.520. The van der Waals surface area contributed by atoms with Crippen LogP contribution in [0.15, 0.2) is 0 Å². The highest BCUT2D eigenvalue weighted by Crippen LogP contribution is 1.57. The maximum Gasteiger partial charge on any atom is 0.165 e. The van der Waals surface area contributed by atoms with E-state index in [-0.39, 0.29) is 0 Å². The fourth-order valence-corrected chi connectivity index (χ4v) is 0.148. The molecule has 1 atom stereocenters. The number of aliphatic hydroxyl groups is 1. The highest BCUT2D eigenvalue weighted by atomic mass is 16.3. The predicted octanol–water partition coefficient (Wildman–Crippen LogP) is -0.713. The molecule has 0 radical (unpaired) electrons. The summed E-state index contributed by atoms with van der Waals surface area (Å²) in [5.74, 6) is 4.73. The summed E-state index contributed by atoms with van der Waals surface area (Å²) in [7, 11) is 0. The molecule has 0 aromatic carbocycles. The van der Waals surface area contributed by atoms with Gasteiger partial charge in [-0.2, -0.15) is 0 Å². The molecular formula is C4H7NO. The smallest absolute Gasteiger partial charge is 0.165 e. The largest absolute Gasteiger partial charge is 0.368 e. The highest BCUT2D eigenvalue weighted by Gasteiger charge is 1.76. The lowest BCUT2D eigenvalue weighted by atomic mass is 10.6. The number of hydrogen-bond donors (Lipinski definition) is 2. The van der Waals surface area contributed by atoms with E-state index in [4.69, 9.17) is 10.8 Å². The van der Waals surface area contributed by atoms with Crippen molar-refractivity contribution in [3.63, 3.8) is 0 Å². The summed E-state index contributed by atoms with van der Waals surface area (Å²) in [4.78, 5) is 0. The Bertz CT molecular complexity index is 77.3. The molecule has 3 N–H and O–H groups in total. The molecule has 34 valence electrons. The van der Waals surface area contributed by atoms with Crippen LogP contribution in [0.1, 0.15) is 6.92 Å². The Labute approximate surface area is 37.0 Å². The van der Waals surface area contributed by atoms with Gasteiger partial charge in [0.25, 0.3) is 0 Å². The second-order valence-corrected chi connectivity index (χ2v) is 0.839. The number of aliphatic hydroxyl groups excluding tert-OH is 1. The van der Waals surface area contributed by atoms with Gasteiger partial charge >= 0.3 is 0 Å². The normalized spacial score (nSPS) is 11.8. The molecule has 1 unspecified atom stereocenters. The van der Waals surface area contributed by atoms with Gasteiger partial charge in [-0.3, -0.25) is 5.73 Å². The molecule has 2 nitrogen and oxygen atoms in total. The molecule has 0 amide bonds. The molecule has 0 saturated heterocycles. The topological polar surface area (TPSA) is 46.2 Å². The molecule has 0 spiro atoms. The third-order valence-electron chi connectivity index (χ3n) is 0.292. The third-order valence-corrected chi connectivity index (χ3v) is 0.292. The summed E-state index contributed by atoms with van der Waals surface area (Å²) in [6, 6.07) is 0. The molecule has 0 aliphatic heterocycles. The molecular weight excluding hydrogens is 78.0 g/mol. The van der Waals surface area contributed by atoms with E-state index in [0.717, 1.165) is 0 Å². The first kappa shape index (κ1) is 5.48. The summed E-state index contributed by atoms with van der Waals surface area (Å²) in [5, 5.41) is 8.16. The molecule has 0 aromatic heterocycles. The summed E-state index contributed by atoms with van der Waals surface area (Å²) < 4.78 is 0. The van der Waals surface area contributed by atoms with Crippen LogP contribution in [-0.4, -0.2) is 11.3 Å². The van der Waals surface area contributed by atoms with Crippen molar-refractivity contribution in [2.45, 2.75) is 13.2 Å². The van der Waals surface area contributed by atoms with Crippen molar-refractivity contribution in [3.8, 4) is 11.8 Å². The molecule has 0 saturated carbocycles. The standard InChI is InChI=1S/C4H7NO/c1-2-3-4(5)6/h4,6H,5H2,1H3. The van der Waals surface area contributed by atoms with E-state index in [9.17, 15) is 0 Å². The van der Waals surface area contributed by atoms with Crippen molar-refractivity contribution in [1.29, 1.82) is 0 Å². The van der Waals surface area contributed by atoms with Gasteiger partial charge in [-0.1, -0.05) is 5.92 Å². The van der Waals surface area contributed by atoms with Gasteiger partial charge in [0.2, 0.25) is 0 Å². The molecule has 0 aliphatic carbocycles. The summed E-state index contributed by atoms with van der Waals surface area (Å²) in [6.07, 6.45) is -0.963. The monoisotopic (exact) mass is 85.1 g/mol. The van der Waals surface area contributed by atoms with E-state index in [0.29, 0.717) is 0 Å². The Morgan fingerprint density at radius 2 is 2.33 bits per heavy atom. The van der Waals surface area contributed by atoms with Crippen LogP contribution in [0.5, 0.6) is 0 Å². The summed E-state index contributed by atoms with van der Waals surface area (Å²) in [5.41, 5.74) is 4.78. The minimum absolute atomic E-state index is 0.963. The van der Waals surface area contributed by atoms with Crippen LogP contribution < -0.4 is 5.73 Å². The SMILES string of the molecule is CC#CC(N)O. The summed E-state index contributed by atoms with van der Waals surface area (Å²) in [6.45, 7) is 1.62. The van der Waals surface area contributed by atoms with Gasteiger partial charge in [0.05, 0.1) is 0 Å². The zero-order valence-corrected chi connectivity index (χ0v) is 3.60.